The molecule has 1 heterocycles. The van der Waals surface area contributed by atoms with Crippen LogP contribution in [0.1, 0.15) is 15.9 Å². The number of esters is 1. The second kappa shape index (κ2) is 5.45. The molecule has 0 spiro atoms. The molecule has 106 valence electrons. The average molecular weight is 281 g/mol. The fourth-order valence-electron chi connectivity index (χ4n) is 2.36. The summed E-state index contributed by atoms with van der Waals surface area (Å²) in [6.07, 6.45) is 4.78. The van der Waals surface area contributed by atoms with Crippen LogP contribution in [0.3, 0.4) is 0 Å². The summed E-state index contributed by atoms with van der Waals surface area (Å²) in [4.78, 5) is 14.2. The Morgan fingerprint density at radius 3 is 2.47 bits per heavy atom. The van der Waals surface area contributed by atoms with Crippen LogP contribution in [0, 0.1) is 6.92 Å². The number of hydrogen-bond acceptors (Lipinski definition) is 3. The first-order valence-corrected chi connectivity index (χ1v) is 9.34. The third-order valence-electron chi connectivity index (χ3n) is 3.73. The highest BCUT2D eigenvalue weighted by Crippen LogP contribution is 2.42. The lowest BCUT2D eigenvalue weighted by Gasteiger charge is -2.42. The van der Waals surface area contributed by atoms with Gasteiger partial charge in [-0.15, -0.1) is 0 Å². The molecule has 2 rings (SSSR count). The van der Waals surface area contributed by atoms with Crippen LogP contribution in [-0.4, -0.2) is 50.2 Å². The molecule has 1 saturated heterocycles. The van der Waals surface area contributed by atoms with E-state index in [1.165, 1.54) is 24.2 Å². The fourth-order valence-corrected chi connectivity index (χ4v) is 3.99. The average Bonchev–Trinajstić information content (AvgIpc) is 2.38. The quantitative estimate of drug-likeness (QED) is 0.781. The van der Waals surface area contributed by atoms with Crippen LogP contribution in [-0.2, 0) is 4.74 Å². The van der Waals surface area contributed by atoms with Gasteiger partial charge in [0.1, 0.15) is 0 Å². The lowest BCUT2D eigenvalue weighted by molar-refractivity contribution is 0.0601. The van der Waals surface area contributed by atoms with E-state index in [4.69, 9.17) is 4.74 Å². The van der Waals surface area contributed by atoms with Crippen molar-refractivity contribution in [1.82, 2.24) is 0 Å². The molecular weight excluding hydrogens is 258 g/mol. The number of rotatable bonds is 2. The zero-order valence-electron chi connectivity index (χ0n) is 12.2. The molecule has 0 aromatic heterocycles. The van der Waals surface area contributed by atoms with Gasteiger partial charge in [-0.3, -0.25) is 0 Å². The zero-order chi connectivity index (χ0) is 14.0. The first kappa shape index (κ1) is 14.3. The third kappa shape index (κ3) is 3.24. The topological polar surface area (TPSA) is 29.5 Å². The second-order valence-corrected chi connectivity index (χ2v) is 10.0. The van der Waals surface area contributed by atoms with Crippen molar-refractivity contribution < 1.29 is 9.53 Å². The van der Waals surface area contributed by atoms with E-state index in [0.717, 1.165) is 18.8 Å². The number of carbonyl (C=O) groups is 1. The lowest BCUT2D eigenvalue weighted by atomic mass is 10.1. The molecule has 3 nitrogen and oxygen atoms in total. The van der Waals surface area contributed by atoms with Gasteiger partial charge in [0.15, 0.2) is 0 Å². The minimum Gasteiger partial charge on any atom is -0.465 e. The fraction of sp³-hybridized carbons (Fsp3) is 0.533. The highest BCUT2D eigenvalue weighted by molar-refractivity contribution is 8.32. The van der Waals surface area contributed by atoms with Crippen molar-refractivity contribution >= 4 is 21.7 Å². The van der Waals surface area contributed by atoms with E-state index in [1.54, 1.807) is 0 Å². The van der Waals surface area contributed by atoms with E-state index in [-0.39, 0.29) is 5.97 Å². The Labute approximate surface area is 117 Å². The maximum absolute atomic E-state index is 11.9. The van der Waals surface area contributed by atoms with Gasteiger partial charge in [-0.2, -0.15) is 0 Å². The number of nitrogens with zero attached hydrogens (tertiary/aromatic N) is 1. The van der Waals surface area contributed by atoms with Gasteiger partial charge < -0.3 is 9.64 Å². The van der Waals surface area contributed by atoms with Crippen molar-refractivity contribution in [3.05, 3.63) is 29.3 Å². The summed E-state index contributed by atoms with van der Waals surface area (Å²) in [7, 11) is 1.01. The number of benzene rings is 1. The molecule has 0 unspecified atom stereocenters. The molecule has 1 aromatic rings. The summed E-state index contributed by atoms with van der Waals surface area (Å²) >= 11 is 0. The summed E-state index contributed by atoms with van der Waals surface area (Å²) in [6, 6.07) is 5.94. The van der Waals surface area contributed by atoms with Crippen molar-refractivity contribution in [1.29, 1.82) is 0 Å². The van der Waals surface area contributed by atoms with Crippen LogP contribution in [0.5, 0.6) is 0 Å². The number of anilines is 1. The van der Waals surface area contributed by atoms with Gasteiger partial charge in [-0.25, -0.2) is 14.8 Å². The van der Waals surface area contributed by atoms with Crippen LogP contribution in [0.4, 0.5) is 5.69 Å². The Morgan fingerprint density at radius 2 is 1.89 bits per heavy atom. The van der Waals surface area contributed by atoms with Crippen LogP contribution in [0.25, 0.3) is 0 Å². The lowest BCUT2D eigenvalue weighted by Crippen LogP contribution is -2.38. The van der Waals surface area contributed by atoms with Gasteiger partial charge in [0.25, 0.3) is 0 Å². The second-order valence-electron chi connectivity index (χ2n) is 5.67. The molecular formula is C15H23NO2S. The zero-order valence-corrected chi connectivity index (χ0v) is 13.0. The molecule has 4 heteroatoms. The number of aryl methyl sites for hydroxylation is 1. The first-order valence-electron chi connectivity index (χ1n) is 6.55. The first-order chi connectivity index (χ1) is 8.93. The molecule has 0 radical (unpaired) electrons. The predicted octanol–water partition coefficient (Wildman–Crippen LogP) is 2.67. The van der Waals surface area contributed by atoms with Crippen LogP contribution in [0.15, 0.2) is 18.2 Å². The third-order valence-corrected chi connectivity index (χ3v) is 6.30. The van der Waals surface area contributed by atoms with Crippen LogP contribution in [0.2, 0.25) is 0 Å². The Kier molecular flexibility index (Phi) is 4.09. The monoisotopic (exact) mass is 281 g/mol. The van der Waals surface area contributed by atoms with E-state index >= 15 is 0 Å². The van der Waals surface area contributed by atoms with Gasteiger partial charge in [-0.05, 0) is 48.6 Å². The highest BCUT2D eigenvalue weighted by atomic mass is 32.3. The largest absolute Gasteiger partial charge is 0.465 e. The maximum Gasteiger partial charge on any atom is 0.339 e. The Hall–Kier alpha value is -1.16. The van der Waals surface area contributed by atoms with E-state index in [1.807, 2.05) is 12.1 Å². The number of hydrogen-bond donors (Lipinski definition) is 0. The van der Waals surface area contributed by atoms with E-state index in [9.17, 15) is 4.79 Å². The Morgan fingerprint density at radius 1 is 1.26 bits per heavy atom. The minimum atomic E-state index is -0.430. The van der Waals surface area contributed by atoms with Gasteiger partial charge in [-0.1, -0.05) is 6.07 Å². The summed E-state index contributed by atoms with van der Waals surface area (Å²) in [5, 5.41) is 0. The normalized spacial score (nSPS) is 19.9. The molecule has 19 heavy (non-hydrogen) atoms. The SMILES string of the molecule is COC(=O)c1ccc(C)cc1N1CCS(C)(C)CC1. The molecule has 0 saturated carbocycles. The van der Waals surface area contributed by atoms with E-state index < -0.39 is 10.0 Å². The van der Waals surface area contributed by atoms with Crippen molar-refractivity contribution in [2.45, 2.75) is 6.92 Å². The summed E-state index contributed by atoms with van der Waals surface area (Å²) in [5.74, 6) is 2.23. The minimum absolute atomic E-state index is 0.243. The molecule has 1 aliphatic heterocycles. The molecule has 1 aromatic carbocycles. The molecule has 0 atom stereocenters. The molecule has 0 amide bonds. The summed E-state index contributed by atoms with van der Waals surface area (Å²) in [6.45, 7) is 4.13. The van der Waals surface area contributed by atoms with Crippen molar-refractivity contribution in [3.8, 4) is 0 Å². The van der Waals surface area contributed by atoms with Crippen molar-refractivity contribution in [2.75, 3.05) is 49.1 Å². The molecule has 0 N–H and O–H groups in total. The molecule has 1 aliphatic rings. The number of ether oxygens (including phenoxy) is 1. The molecule has 0 aliphatic carbocycles. The summed E-state index contributed by atoms with van der Waals surface area (Å²) < 4.78 is 4.89. The Bertz CT molecular complexity index is 475. The standard InChI is InChI=1S/C15H23NO2S/c1-12-5-6-13(15(17)18-2)14(11-12)16-7-9-19(3,4)10-8-16/h5-6,11H,7-10H2,1-4H3. The maximum atomic E-state index is 11.9. The smallest absolute Gasteiger partial charge is 0.339 e. The van der Waals surface area contributed by atoms with Gasteiger partial charge in [0, 0.05) is 13.1 Å². The van der Waals surface area contributed by atoms with E-state index in [0.29, 0.717) is 5.56 Å². The van der Waals surface area contributed by atoms with Gasteiger partial charge in [0.05, 0.1) is 18.4 Å². The summed E-state index contributed by atoms with van der Waals surface area (Å²) in [5.41, 5.74) is 2.89. The van der Waals surface area contributed by atoms with Crippen LogP contribution < -0.4 is 4.90 Å². The van der Waals surface area contributed by atoms with E-state index in [2.05, 4.69) is 30.4 Å². The van der Waals surface area contributed by atoms with Gasteiger partial charge in [0.2, 0.25) is 0 Å². The molecule has 0 bridgehead atoms. The van der Waals surface area contributed by atoms with Gasteiger partial charge >= 0.3 is 5.97 Å². The van der Waals surface area contributed by atoms with Crippen molar-refractivity contribution in [3.63, 3.8) is 0 Å². The van der Waals surface area contributed by atoms with Crippen LogP contribution >= 0.6 is 10.0 Å². The number of carbonyl (C=O) groups excluding carboxylic acids is 1. The predicted molar refractivity (Wildman–Crippen MR) is 83.9 cm³/mol. The highest BCUT2D eigenvalue weighted by Gasteiger charge is 2.24. The van der Waals surface area contributed by atoms with Crippen molar-refractivity contribution in [2.24, 2.45) is 0 Å². The number of methoxy groups -OCH3 is 1. The Balaban J connectivity index is 2.28. The molecule has 1 fully saturated rings.